The Bertz CT molecular complexity index is 844. The average molecular weight is 296 g/mol. The van der Waals surface area contributed by atoms with Gasteiger partial charge < -0.3 is 11.5 Å². The van der Waals surface area contributed by atoms with E-state index in [0.29, 0.717) is 5.56 Å². The summed E-state index contributed by atoms with van der Waals surface area (Å²) in [6, 6.07) is -1.09. The molecule has 2 amide bonds. The topological polar surface area (TPSA) is 141 Å². The molecule has 2 rings (SSSR count). The molecule has 2 aromatic rings. The number of thiophene rings is 1. The Hall–Kier alpha value is -2.42. The van der Waals surface area contributed by atoms with Crippen LogP contribution in [0.5, 0.6) is 0 Å². The zero-order chi connectivity index (χ0) is 15.2. The lowest BCUT2D eigenvalue weighted by molar-refractivity contribution is -0.120. The maximum absolute atomic E-state index is 12.3. The van der Waals surface area contributed by atoms with Gasteiger partial charge in [-0.2, -0.15) is 0 Å². The van der Waals surface area contributed by atoms with Gasteiger partial charge in [0.05, 0.1) is 10.3 Å². The number of nitrogens with zero attached hydrogens (tertiary/aromatic N) is 1. The molecule has 0 aliphatic heterocycles. The van der Waals surface area contributed by atoms with Crippen molar-refractivity contribution < 1.29 is 9.59 Å². The fraction of sp³-hybridized carbons (Fsp3) is 0.273. The van der Waals surface area contributed by atoms with Crippen LogP contribution < -0.4 is 22.7 Å². The third kappa shape index (κ3) is 1.92. The van der Waals surface area contributed by atoms with Gasteiger partial charge in [-0.15, -0.1) is 11.3 Å². The first-order valence-corrected chi connectivity index (χ1v) is 6.44. The Kier molecular flexibility index (Phi) is 3.22. The highest BCUT2D eigenvalue weighted by Gasteiger charge is 2.22. The summed E-state index contributed by atoms with van der Waals surface area (Å²) in [6.45, 7) is 2.90. The van der Waals surface area contributed by atoms with Gasteiger partial charge in [0.15, 0.2) is 0 Å². The van der Waals surface area contributed by atoms with E-state index in [2.05, 4.69) is 4.98 Å². The molecule has 0 spiro atoms. The predicted molar refractivity (Wildman–Crippen MR) is 73.9 cm³/mol. The number of H-pyrrole nitrogens is 1. The molecule has 0 saturated heterocycles. The highest BCUT2D eigenvalue weighted by atomic mass is 32.1. The summed E-state index contributed by atoms with van der Waals surface area (Å²) >= 11 is 0.930. The predicted octanol–water partition coefficient (Wildman–Crippen LogP) is -0.795. The summed E-state index contributed by atoms with van der Waals surface area (Å²) in [5.41, 5.74) is 9.28. The number of hydrogen-bond donors (Lipinski definition) is 3. The maximum atomic E-state index is 12.3. The van der Waals surface area contributed by atoms with Gasteiger partial charge in [-0.25, -0.2) is 9.36 Å². The molecular formula is C11H12N4O4S. The summed E-state index contributed by atoms with van der Waals surface area (Å²) in [6.07, 6.45) is 0. The number of amides is 2. The summed E-state index contributed by atoms with van der Waals surface area (Å²) in [5.74, 6) is -1.49. The first-order chi connectivity index (χ1) is 9.25. The molecule has 0 radical (unpaired) electrons. The molecular weight excluding hydrogens is 284 g/mol. The van der Waals surface area contributed by atoms with Crippen molar-refractivity contribution in [3.05, 3.63) is 31.3 Å². The summed E-state index contributed by atoms with van der Waals surface area (Å²) < 4.78 is 0.731. The first kappa shape index (κ1) is 14.0. The van der Waals surface area contributed by atoms with Crippen LogP contribution in [0, 0.1) is 6.92 Å². The fourth-order valence-electron chi connectivity index (χ4n) is 1.94. The van der Waals surface area contributed by atoms with Crippen molar-refractivity contribution in [2.75, 3.05) is 0 Å². The standard InChI is InChI=1S/C11H12N4O4S/c1-3-5-9(20-6(3)8(13)17)14-11(19)15(10(5)18)4(2)7(12)16/h4H,1-2H3,(H2,12,16)(H2,13,17)(H,14,19). The number of fused-ring (bicyclic) bond motifs is 1. The second kappa shape index (κ2) is 4.60. The lowest BCUT2D eigenvalue weighted by Gasteiger charge is -2.09. The molecule has 1 atom stereocenters. The number of hydrogen-bond acceptors (Lipinski definition) is 5. The van der Waals surface area contributed by atoms with Crippen LogP contribution in [-0.2, 0) is 4.79 Å². The quantitative estimate of drug-likeness (QED) is 0.682. The molecule has 2 aromatic heterocycles. The van der Waals surface area contributed by atoms with Crippen molar-refractivity contribution in [2.45, 2.75) is 19.9 Å². The van der Waals surface area contributed by atoms with Crippen molar-refractivity contribution in [1.29, 1.82) is 0 Å². The van der Waals surface area contributed by atoms with Gasteiger partial charge in [-0.3, -0.25) is 19.4 Å². The maximum Gasteiger partial charge on any atom is 0.330 e. The number of aryl methyl sites for hydroxylation is 1. The number of carbonyl (C=O) groups is 2. The van der Waals surface area contributed by atoms with Gasteiger partial charge in [-0.05, 0) is 19.4 Å². The molecule has 0 bridgehead atoms. The second-order valence-corrected chi connectivity index (χ2v) is 5.33. The highest BCUT2D eigenvalue weighted by Crippen LogP contribution is 2.25. The summed E-state index contributed by atoms with van der Waals surface area (Å²) in [5, 5.41) is 0.163. The van der Waals surface area contributed by atoms with E-state index in [0.717, 1.165) is 15.9 Å². The second-order valence-electron chi connectivity index (χ2n) is 4.31. The van der Waals surface area contributed by atoms with E-state index in [1.807, 2.05) is 0 Å². The van der Waals surface area contributed by atoms with Crippen molar-refractivity contribution in [2.24, 2.45) is 11.5 Å². The molecule has 9 heteroatoms. The van der Waals surface area contributed by atoms with E-state index in [1.165, 1.54) is 6.92 Å². The van der Waals surface area contributed by atoms with Crippen LogP contribution in [0.15, 0.2) is 9.59 Å². The zero-order valence-electron chi connectivity index (χ0n) is 10.7. The van der Waals surface area contributed by atoms with E-state index in [1.54, 1.807) is 6.92 Å². The van der Waals surface area contributed by atoms with Crippen molar-refractivity contribution in [3.8, 4) is 0 Å². The van der Waals surface area contributed by atoms with Crippen LogP contribution in [0.3, 0.4) is 0 Å². The molecule has 0 fully saturated rings. The lowest BCUT2D eigenvalue weighted by atomic mass is 10.2. The largest absolute Gasteiger partial charge is 0.368 e. The molecule has 20 heavy (non-hydrogen) atoms. The molecule has 8 nitrogen and oxygen atoms in total. The van der Waals surface area contributed by atoms with Crippen molar-refractivity contribution >= 4 is 33.4 Å². The van der Waals surface area contributed by atoms with Crippen LogP contribution in [0.1, 0.15) is 28.2 Å². The first-order valence-electron chi connectivity index (χ1n) is 5.62. The minimum absolute atomic E-state index is 0.163. The summed E-state index contributed by atoms with van der Waals surface area (Å²) in [4.78, 5) is 49.6. The Morgan fingerprint density at radius 2 is 1.90 bits per heavy atom. The molecule has 106 valence electrons. The number of rotatable bonds is 3. The SMILES string of the molecule is Cc1c(C(N)=O)sc2[nH]c(=O)n(C(C)C(N)=O)c(=O)c12. The van der Waals surface area contributed by atoms with Crippen molar-refractivity contribution in [3.63, 3.8) is 0 Å². The lowest BCUT2D eigenvalue weighted by Crippen LogP contribution is -2.41. The van der Waals surface area contributed by atoms with Crippen LogP contribution in [0.25, 0.3) is 10.2 Å². The third-order valence-electron chi connectivity index (χ3n) is 3.04. The van der Waals surface area contributed by atoms with Crippen LogP contribution in [-0.4, -0.2) is 21.4 Å². The summed E-state index contributed by atoms with van der Waals surface area (Å²) in [7, 11) is 0. The van der Waals surface area contributed by atoms with Gasteiger partial charge >= 0.3 is 5.69 Å². The van der Waals surface area contributed by atoms with Gasteiger partial charge in [-0.1, -0.05) is 0 Å². The Balaban J connectivity index is 2.92. The zero-order valence-corrected chi connectivity index (χ0v) is 11.5. The minimum atomic E-state index is -1.09. The Morgan fingerprint density at radius 3 is 2.40 bits per heavy atom. The number of nitrogens with one attached hydrogen (secondary N) is 1. The molecule has 0 aromatic carbocycles. The normalized spacial score (nSPS) is 12.5. The molecule has 0 aliphatic carbocycles. The number of aromatic amines is 1. The molecule has 1 unspecified atom stereocenters. The van der Waals surface area contributed by atoms with Crippen LogP contribution in [0.4, 0.5) is 0 Å². The Morgan fingerprint density at radius 1 is 1.30 bits per heavy atom. The molecule has 2 heterocycles. The van der Waals surface area contributed by atoms with Crippen molar-refractivity contribution in [1.82, 2.24) is 9.55 Å². The number of nitrogens with two attached hydrogens (primary N) is 2. The Labute approximate surface area is 116 Å². The molecule has 0 aliphatic rings. The molecule has 5 N–H and O–H groups in total. The molecule has 0 saturated carbocycles. The van der Waals surface area contributed by atoms with Gasteiger partial charge in [0.1, 0.15) is 10.9 Å². The third-order valence-corrected chi connectivity index (χ3v) is 4.26. The monoisotopic (exact) mass is 296 g/mol. The van der Waals surface area contributed by atoms with E-state index < -0.39 is 29.1 Å². The van der Waals surface area contributed by atoms with Gasteiger partial charge in [0, 0.05) is 0 Å². The fourth-order valence-corrected chi connectivity index (χ4v) is 2.98. The average Bonchev–Trinajstić information content (AvgIpc) is 2.66. The number of carbonyl (C=O) groups excluding carboxylic acids is 2. The van der Waals surface area contributed by atoms with Gasteiger partial charge in [0.25, 0.3) is 11.5 Å². The van der Waals surface area contributed by atoms with E-state index in [4.69, 9.17) is 11.5 Å². The smallest absolute Gasteiger partial charge is 0.330 e. The van der Waals surface area contributed by atoms with Crippen LogP contribution >= 0.6 is 11.3 Å². The number of aromatic nitrogens is 2. The van der Waals surface area contributed by atoms with E-state index in [9.17, 15) is 19.2 Å². The van der Waals surface area contributed by atoms with E-state index in [-0.39, 0.29) is 15.1 Å². The highest BCUT2D eigenvalue weighted by molar-refractivity contribution is 7.20. The minimum Gasteiger partial charge on any atom is -0.368 e. The van der Waals surface area contributed by atoms with E-state index >= 15 is 0 Å². The van der Waals surface area contributed by atoms with Crippen LogP contribution in [0.2, 0.25) is 0 Å². The number of primary amides is 2. The van der Waals surface area contributed by atoms with Gasteiger partial charge in [0.2, 0.25) is 5.91 Å².